The van der Waals surface area contributed by atoms with E-state index in [0.717, 1.165) is 0 Å². The van der Waals surface area contributed by atoms with Crippen LogP contribution in [0.5, 0.6) is 0 Å². The summed E-state index contributed by atoms with van der Waals surface area (Å²) in [6.45, 7) is 3.77. The van der Waals surface area contributed by atoms with Gasteiger partial charge in [-0.25, -0.2) is 8.42 Å². The Balaban J connectivity index is 2.17. The number of likely N-dealkylation sites (N-methyl/N-ethyl adjacent to an activating group) is 1. The molecule has 2 aromatic carbocycles. The molecule has 0 saturated heterocycles. The molecule has 3 N–H and O–H groups in total. The normalized spacial score (nSPS) is 12.1. The summed E-state index contributed by atoms with van der Waals surface area (Å²) in [5.41, 5.74) is 0.476. The van der Waals surface area contributed by atoms with Crippen LogP contribution in [0.25, 0.3) is 0 Å². The van der Waals surface area contributed by atoms with Crippen LogP contribution >= 0.6 is 11.6 Å². The first-order valence-corrected chi connectivity index (χ1v) is 10.1. The number of hydrogen-bond acceptors (Lipinski definition) is 4. The first-order valence-electron chi connectivity index (χ1n) is 8.20. The van der Waals surface area contributed by atoms with Crippen molar-refractivity contribution < 1.29 is 18.0 Å². The van der Waals surface area contributed by atoms with Gasteiger partial charge < -0.3 is 10.6 Å². The molecule has 27 heavy (non-hydrogen) atoms. The third-order valence-electron chi connectivity index (χ3n) is 3.59. The summed E-state index contributed by atoms with van der Waals surface area (Å²) in [6.07, 6.45) is 0. The SMILES string of the molecule is CCNC(=O)[C@@H](C)NC(=O)c1cccc(S(=O)(=O)Nc2ccc(Cl)cc2)c1. The summed E-state index contributed by atoms with van der Waals surface area (Å²) < 4.78 is 27.5. The number of sulfonamides is 1. The van der Waals surface area contributed by atoms with E-state index in [1.807, 2.05) is 0 Å². The van der Waals surface area contributed by atoms with Gasteiger partial charge in [0.15, 0.2) is 0 Å². The number of nitrogens with one attached hydrogen (secondary N) is 3. The summed E-state index contributed by atoms with van der Waals surface area (Å²) in [7, 11) is -3.89. The molecule has 1 atom stereocenters. The van der Waals surface area contributed by atoms with Crippen LogP contribution in [0.4, 0.5) is 5.69 Å². The molecule has 0 bridgehead atoms. The van der Waals surface area contributed by atoms with Gasteiger partial charge >= 0.3 is 0 Å². The summed E-state index contributed by atoms with van der Waals surface area (Å²) in [6, 6.07) is 11.0. The average molecular weight is 410 g/mol. The first kappa shape index (κ1) is 20.7. The number of carbonyl (C=O) groups is 2. The van der Waals surface area contributed by atoms with Crippen LogP contribution in [-0.2, 0) is 14.8 Å². The van der Waals surface area contributed by atoms with Gasteiger partial charge in [0.2, 0.25) is 5.91 Å². The van der Waals surface area contributed by atoms with Crippen molar-refractivity contribution in [2.24, 2.45) is 0 Å². The Morgan fingerprint density at radius 1 is 1.11 bits per heavy atom. The lowest BCUT2D eigenvalue weighted by atomic mass is 10.2. The smallest absolute Gasteiger partial charge is 0.261 e. The van der Waals surface area contributed by atoms with Gasteiger partial charge in [0, 0.05) is 22.8 Å². The van der Waals surface area contributed by atoms with E-state index >= 15 is 0 Å². The second-order valence-electron chi connectivity index (χ2n) is 5.73. The molecule has 0 radical (unpaired) electrons. The van der Waals surface area contributed by atoms with Gasteiger partial charge in [-0.1, -0.05) is 17.7 Å². The summed E-state index contributed by atoms with van der Waals surface area (Å²) >= 11 is 5.79. The number of anilines is 1. The highest BCUT2D eigenvalue weighted by atomic mass is 35.5. The largest absolute Gasteiger partial charge is 0.355 e. The molecule has 144 valence electrons. The minimum atomic E-state index is -3.89. The Hall–Kier alpha value is -2.58. The molecule has 0 aliphatic rings. The van der Waals surface area contributed by atoms with Crippen molar-refractivity contribution >= 4 is 39.1 Å². The maximum Gasteiger partial charge on any atom is 0.261 e. The van der Waals surface area contributed by atoms with E-state index in [2.05, 4.69) is 15.4 Å². The Labute approximate surface area is 163 Å². The number of hydrogen-bond donors (Lipinski definition) is 3. The molecule has 2 aromatic rings. The monoisotopic (exact) mass is 409 g/mol. The van der Waals surface area contributed by atoms with Crippen LogP contribution in [-0.4, -0.2) is 32.8 Å². The van der Waals surface area contributed by atoms with Crippen molar-refractivity contribution in [3.8, 4) is 0 Å². The van der Waals surface area contributed by atoms with Gasteiger partial charge in [-0.05, 0) is 56.3 Å². The van der Waals surface area contributed by atoms with E-state index in [1.54, 1.807) is 26.0 Å². The lowest BCUT2D eigenvalue weighted by molar-refractivity contribution is -0.122. The Morgan fingerprint density at radius 3 is 2.41 bits per heavy atom. The van der Waals surface area contributed by atoms with E-state index < -0.39 is 22.0 Å². The molecule has 0 aromatic heterocycles. The molecule has 0 heterocycles. The van der Waals surface area contributed by atoms with Crippen LogP contribution in [0, 0.1) is 0 Å². The predicted octanol–water partition coefficient (Wildman–Crippen LogP) is 2.40. The molecule has 0 aliphatic heterocycles. The van der Waals surface area contributed by atoms with Gasteiger partial charge in [-0.2, -0.15) is 0 Å². The van der Waals surface area contributed by atoms with Crippen LogP contribution in [0.3, 0.4) is 0 Å². The summed E-state index contributed by atoms with van der Waals surface area (Å²) in [5.74, 6) is -0.865. The van der Waals surface area contributed by atoms with E-state index in [4.69, 9.17) is 11.6 Å². The molecule has 0 aliphatic carbocycles. The molecule has 0 saturated carbocycles. The van der Waals surface area contributed by atoms with E-state index in [0.29, 0.717) is 17.3 Å². The number of benzene rings is 2. The van der Waals surface area contributed by atoms with Crippen molar-refractivity contribution in [3.63, 3.8) is 0 Å². The molecule has 9 heteroatoms. The summed E-state index contributed by atoms with van der Waals surface area (Å²) in [5, 5.41) is 5.62. The predicted molar refractivity (Wildman–Crippen MR) is 104 cm³/mol. The highest BCUT2D eigenvalue weighted by molar-refractivity contribution is 7.92. The van der Waals surface area contributed by atoms with Gasteiger partial charge in [-0.3, -0.25) is 14.3 Å². The van der Waals surface area contributed by atoms with Crippen LogP contribution < -0.4 is 15.4 Å². The van der Waals surface area contributed by atoms with Crippen molar-refractivity contribution in [1.29, 1.82) is 0 Å². The zero-order valence-corrected chi connectivity index (χ0v) is 16.4. The fourth-order valence-electron chi connectivity index (χ4n) is 2.21. The van der Waals surface area contributed by atoms with Crippen molar-refractivity contribution in [1.82, 2.24) is 10.6 Å². The minimum absolute atomic E-state index is 0.0734. The van der Waals surface area contributed by atoms with Gasteiger partial charge in [0.25, 0.3) is 15.9 Å². The molecule has 0 spiro atoms. The number of halogens is 1. The highest BCUT2D eigenvalue weighted by Crippen LogP contribution is 2.19. The molecular weight excluding hydrogens is 390 g/mol. The van der Waals surface area contributed by atoms with E-state index in [9.17, 15) is 18.0 Å². The van der Waals surface area contributed by atoms with Crippen molar-refractivity contribution in [2.75, 3.05) is 11.3 Å². The fraction of sp³-hybridized carbons (Fsp3) is 0.222. The quantitative estimate of drug-likeness (QED) is 0.653. The van der Waals surface area contributed by atoms with Crippen LogP contribution in [0.2, 0.25) is 5.02 Å². The topological polar surface area (TPSA) is 104 Å². The number of carbonyl (C=O) groups excluding carboxylic acids is 2. The first-order chi connectivity index (χ1) is 12.7. The zero-order valence-electron chi connectivity index (χ0n) is 14.8. The van der Waals surface area contributed by atoms with Gasteiger partial charge in [0.1, 0.15) is 6.04 Å². The Kier molecular flexibility index (Phi) is 6.81. The maximum atomic E-state index is 12.5. The number of amides is 2. The maximum absolute atomic E-state index is 12.5. The second-order valence-corrected chi connectivity index (χ2v) is 7.85. The van der Waals surface area contributed by atoms with E-state index in [-0.39, 0.29) is 16.4 Å². The fourth-order valence-corrected chi connectivity index (χ4v) is 3.44. The molecule has 7 nitrogen and oxygen atoms in total. The molecule has 2 rings (SSSR count). The van der Waals surface area contributed by atoms with E-state index in [1.165, 1.54) is 36.4 Å². The lowest BCUT2D eigenvalue weighted by Gasteiger charge is -2.14. The average Bonchev–Trinajstić information content (AvgIpc) is 2.63. The number of rotatable bonds is 7. The zero-order chi connectivity index (χ0) is 20.0. The summed E-state index contributed by atoms with van der Waals surface area (Å²) in [4.78, 5) is 24.0. The third kappa shape index (κ3) is 5.70. The third-order valence-corrected chi connectivity index (χ3v) is 5.23. The highest BCUT2D eigenvalue weighted by Gasteiger charge is 2.19. The van der Waals surface area contributed by atoms with Gasteiger partial charge in [0.05, 0.1) is 4.90 Å². The molecule has 0 unspecified atom stereocenters. The molecule has 0 fully saturated rings. The molecule has 2 amide bonds. The standard InChI is InChI=1S/C18H20ClN3O4S/c1-3-20-17(23)12(2)21-18(24)13-5-4-6-16(11-13)27(25,26)22-15-9-7-14(19)8-10-15/h4-12,22H,3H2,1-2H3,(H,20,23)(H,21,24)/t12-/m1/s1. The van der Waals surface area contributed by atoms with Crippen LogP contribution in [0.15, 0.2) is 53.4 Å². The van der Waals surface area contributed by atoms with Crippen LogP contribution in [0.1, 0.15) is 24.2 Å². The Morgan fingerprint density at radius 2 is 1.78 bits per heavy atom. The van der Waals surface area contributed by atoms with Crippen molar-refractivity contribution in [2.45, 2.75) is 24.8 Å². The Bertz CT molecular complexity index is 930. The van der Waals surface area contributed by atoms with Gasteiger partial charge in [-0.15, -0.1) is 0 Å². The van der Waals surface area contributed by atoms with Crippen molar-refractivity contribution in [3.05, 3.63) is 59.1 Å². The minimum Gasteiger partial charge on any atom is -0.355 e. The second kappa shape index (κ2) is 8.88. The lowest BCUT2D eigenvalue weighted by Crippen LogP contribution is -2.44. The molecular formula is C18H20ClN3O4S.